The Labute approximate surface area is 120 Å². The largest absolute Gasteiger partial charge is 0.317 e. The summed E-state index contributed by atoms with van der Waals surface area (Å²) in [5, 5.41) is 5.16. The van der Waals surface area contributed by atoms with Gasteiger partial charge in [-0.05, 0) is 61.5 Å². The van der Waals surface area contributed by atoms with Crippen LogP contribution >= 0.6 is 15.9 Å². The zero-order valence-corrected chi connectivity index (χ0v) is 12.3. The molecule has 3 rings (SSSR count). The second kappa shape index (κ2) is 5.47. The van der Waals surface area contributed by atoms with Crippen molar-refractivity contribution in [3.8, 4) is 0 Å². The molecule has 0 atom stereocenters. The van der Waals surface area contributed by atoms with Gasteiger partial charge in [-0.1, -0.05) is 15.9 Å². The lowest BCUT2D eigenvalue weighted by Gasteiger charge is -2.23. The van der Waals surface area contributed by atoms with Crippen LogP contribution in [0.15, 0.2) is 39.7 Å². The first-order valence-electron chi connectivity index (χ1n) is 6.73. The van der Waals surface area contributed by atoms with E-state index in [1.165, 1.54) is 0 Å². The molecule has 2 heterocycles. The summed E-state index contributed by atoms with van der Waals surface area (Å²) in [4.78, 5) is 12.4. The zero-order valence-electron chi connectivity index (χ0n) is 10.7. The Morgan fingerprint density at radius 2 is 2.05 bits per heavy atom. The molecule has 4 heteroatoms. The summed E-state index contributed by atoms with van der Waals surface area (Å²) in [6.45, 7) is 2.98. The number of nitrogens with zero attached hydrogens (tertiary/aromatic N) is 1. The second-order valence-corrected chi connectivity index (χ2v) is 6.11. The van der Waals surface area contributed by atoms with Gasteiger partial charge in [0, 0.05) is 22.6 Å². The molecular formula is C15H17BrN2O. The van der Waals surface area contributed by atoms with Crippen molar-refractivity contribution in [3.05, 3.63) is 45.3 Å². The molecular weight excluding hydrogens is 304 g/mol. The van der Waals surface area contributed by atoms with Gasteiger partial charge in [-0.25, -0.2) is 0 Å². The quantitative estimate of drug-likeness (QED) is 0.923. The molecule has 2 aromatic rings. The van der Waals surface area contributed by atoms with Crippen LogP contribution in [-0.2, 0) is 6.54 Å². The summed E-state index contributed by atoms with van der Waals surface area (Å²) in [5.74, 6) is 0.617. The molecule has 1 aliphatic heterocycles. The Balaban J connectivity index is 1.93. The first-order chi connectivity index (χ1) is 9.24. The molecule has 1 aliphatic rings. The third-order valence-corrected chi connectivity index (χ3v) is 4.35. The topological polar surface area (TPSA) is 34.0 Å². The van der Waals surface area contributed by atoms with E-state index in [-0.39, 0.29) is 5.56 Å². The minimum atomic E-state index is 0.128. The predicted molar refractivity (Wildman–Crippen MR) is 81.5 cm³/mol. The summed E-state index contributed by atoms with van der Waals surface area (Å²) in [6, 6.07) is 7.85. The van der Waals surface area contributed by atoms with Crippen LogP contribution in [0.1, 0.15) is 12.8 Å². The van der Waals surface area contributed by atoms with Crippen molar-refractivity contribution >= 4 is 26.7 Å². The summed E-state index contributed by atoms with van der Waals surface area (Å²) < 4.78 is 2.88. The van der Waals surface area contributed by atoms with Crippen molar-refractivity contribution in [1.82, 2.24) is 9.88 Å². The fourth-order valence-corrected chi connectivity index (χ4v) is 3.12. The van der Waals surface area contributed by atoms with Crippen LogP contribution in [0.4, 0.5) is 0 Å². The summed E-state index contributed by atoms with van der Waals surface area (Å²) in [7, 11) is 0. The molecule has 0 radical (unpaired) electrons. The lowest BCUT2D eigenvalue weighted by Crippen LogP contribution is -2.32. The van der Waals surface area contributed by atoms with Crippen LogP contribution in [0.5, 0.6) is 0 Å². The number of fused-ring (bicyclic) bond motifs is 1. The van der Waals surface area contributed by atoms with E-state index >= 15 is 0 Å². The molecule has 3 nitrogen and oxygen atoms in total. The molecule has 0 bridgehead atoms. The Morgan fingerprint density at radius 1 is 1.26 bits per heavy atom. The van der Waals surface area contributed by atoms with E-state index in [1.807, 2.05) is 35.0 Å². The molecule has 1 fully saturated rings. The van der Waals surface area contributed by atoms with Gasteiger partial charge in [0.25, 0.3) is 5.56 Å². The fourth-order valence-electron chi connectivity index (χ4n) is 2.75. The lowest BCUT2D eigenvalue weighted by atomic mass is 9.98. The van der Waals surface area contributed by atoms with Gasteiger partial charge in [0.1, 0.15) is 0 Å². The maximum atomic E-state index is 12.4. The molecule has 0 unspecified atom stereocenters. The average molecular weight is 321 g/mol. The van der Waals surface area contributed by atoms with Crippen LogP contribution in [0.3, 0.4) is 0 Å². The lowest BCUT2D eigenvalue weighted by molar-refractivity contribution is 0.330. The number of pyridine rings is 1. The van der Waals surface area contributed by atoms with Gasteiger partial charge in [-0.15, -0.1) is 0 Å². The number of benzene rings is 1. The van der Waals surface area contributed by atoms with E-state index in [2.05, 4.69) is 21.2 Å². The maximum Gasteiger partial charge on any atom is 0.258 e. The van der Waals surface area contributed by atoms with Gasteiger partial charge < -0.3 is 9.88 Å². The second-order valence-electron chi connectivity index (χ2n) is 5.20. The Morgan fingerprint density at radius 3 is 2.84 bits per heavy atom. The highest BCUT2D eigenvalue weighted by atomic mass is 79.9. The third-order valence-electron chi connectivity index (χ3n) is 3.85. The van der Waals surface area contributed by atoms with E-state index in [4.69, 9.17) is 0 Å². The van der Waals surface area contributed by atoms with E-state index < -0.39 is 0 Å². The highest BCUT2D eigenvalue weighted by Gasteiger charge is 2.14. The number of piperidine rings is 1. The third kappa shape index (κ3) is 2.74. The van der Waals surface area contributed by atoms with Crippen LogP contribution in [-0.4, -0.2) is 17.7 Å². The standard InChI is InChI=1S/C15H17BrN2O/c16-13-1-2-14-12(9-13)5-8-18(15(14)19)10-11-3-6-17-7-4-11/h1-2,5,8-9,11,17H,3-4,6-7,10H2. The van der Waals surface area contributed by atoms with Crippen molar-refractivity contribution in [1.29, 1.82) is 0 Å². The van der Waals surface area contributed by atoms with Gasteiger partial charge in [0.2, 0.25) is 0 Å². The highest BCUT2D eigenvalue weighted by Crippen LogP contribution is 2.18. The average Bonchev–Trinajstić information content (AvgIpc) is 2.43. The van der Waals surface area contributed by atoms with Gasteiger partial charge in [-0.2, -0.15) is 0 Å². The molecule has 1 aromatic carbocycles. The first kappa shape index (κ1) is 12.9. The SMILES string of the molecule is O=c1c2ccc(Br)cc2ccn1CC1CCNCC1. The van der Waals surface area contributed by atoms with E-state index in [1.54, 1.807) is 0 Å². The summed E-state index contributed by atoms with van der Waals surface area (Å²) >= 11 is 3.44. The number of rotatable bonds is 2. The monoisotopic (exact) mass is 320 g/mol. The van der Waals surface area contributed by atoms with Gasteiger partial charge in [0.15, 0.2) is 0 Å². The molecule has 0 amide bonds. The molecule has 0 spiro atoms. The van der Waals surface area contributed by atoms with Crippen LogP contribution in [0.2, 0.25) is 0 Å². The van der Waals surface area contributed by atoms with E-state index in [0.29, 0.717) is 5.92 Å². The first-order valence-corrected chi connectivity index (χ1v) is 7.53. The van der Waals surface area contributed by atoms with Gasteiger partial charge in [0.05, 0.1) is 0 Å². The maximum absolute atomic E-state index is 12.4. The molecule has 1 aromatic heterocycles. The number of aromatic nitrogens is 1. The number of halogens is 1. The summed E-state index contributed by atoms with van der Waals surface area (Å²) in [5.41, 5.74) is 0.128. The van der Waals surface area contributed by atoms with Crippen molar-refractivity contribution < 1.29 is 0 Å². The predicted octanol–water partition coefficient (Wildman–Crippen LogP) is 2.76. The van der Waals surface area contributed by atoms with Crippen molar-refractivity contribution in [2.45, 2.75) is 19.4 Å². The normalized spacial score (nSPS) is 16.9. The number of hydrogen-bond donors (Lipinski definition) is 1. The molecule has 19 heavy (non-hydrogen) atoms. The molecule has 0 aliphatic carbocycles. The van der Waals surface area contributed by atoms with Crippen LogP contribution < -0.4 is 10.9 Å². The van der Waals surface area contributed by atoms with E-state index in [9.17, 15) is 4.79 Å². The Kier molecular flexibility index (Phi) is 3.71. The molecule has 0 saturated carbocycles. The molecule has 1 N–H and O–H groups in total. The smallest absolute Gasteiger partial charge is 0.258 e. The van der Waals surface area contributed by atoms with Gasteiger partial charge >= 0.3 is 0 Å². The highest BCUT2D eigenvalue weighted by molar-refractivity contribution is 9.10. The Hall–Kier alpha value is -1.13. The van der Waals surface area contributed by atoms with Crippen LogP contribution in [0, 0.1) is 5.92 Å². The van der Waals surface area contributed by atoms with Crippen molar-refractivity contribution in [2.24, 2.45) is 5.92 Å². The number of nitrogens with one attached hydrogen (secondary N) is 1. The van der Waals surface area contributed by atoms with Crippen molar-refractivity contribution in [3.63, 3.8) is 0 Å². The zero-order chi connectivity index (χ0) is 13.2. The summed E-state index contributed by atoms with van der Waals surface area (Å²) in [6.07, 6.45) is 4.24. The minimum Gasteiger partial charge on any atom is -0.317 e. The fraction of sp³-hybridized carbons (Fsp3) is 0.400. The minimum absolute atomic E-state index is 0.128. The van der Waals surface area contributed by atoms with Crippen LogP contribution in [0.25, 0.3) is 10.8 Å². The van der Waals surface area contributed by atoms with Gasteiger partial charge in [-0.3, -0.25) is 4.79 Å². The molecule has 100 valence electrons. The van der Waals surface area contributed by atoms with E-state index in [0.717, 1.165) is 47.7 Å². The Bertz CT molecular complexity index is 644. The molecule has 1 saturated heterocycles. The van der Waals surface area contributed by atoms with Crippen molar-refractivity contribution in [2.75, 3.05) is 13.1 Å². The number of hydrogen-bond acceptors (Lipinski definition) is 2.